The molecule has 168 valence electrons. The Balaban J connectivity index is 2.14. The molecule has 0 spiro atoms. The fourth-order valence-electron chi connectivity index (χ4n) is 3.26. The Hall–Kier alpha value is -2.17. The molecular weight excluding hydrogens is 384 g/mol. The highest BCUT2D eigenvalue weighted by Gasteiger charge is 2.07. The van der Waals surface area contributed by atoms with Gasteiger partial charge in [0.2, 0.25) is 5.91 Å². The van der Waals surface area contributed by atoms with E-state index in [1.165, 1.54) is 56.2 Å². The van der Waals surface area contributed by atoms with Crippen LogP contribution in [0, 0.1) is 11.6 Å². The summed E-state index contributed by atoms with van der Waals surface area (Å²) in [5.74, 6) is -1.44. The third kappa shape index (κ3) is 12.4. The number of ether oxygens (including phenoxy) is 1. The van der Waals surface area contributed by atoms with E-state index in [-0.39, 0.29) is 17.8 Å². The molecule has 1 amide bonds. The Morgan fingerprint density at radius 1 is 1.00 bits per heavy atom. The molecule has 0 saturated heterocycles. The largest absolute Gasteiger partial charge is 0.484 e. The van der Waals surface area contributed by atoms with Crippen LogP contribution < -0.4 is 10.5 Å². The number of hydrogen-bond acceptors (Lipinski definition) is 2. The van der Waals surface area contributed by atoms with Gasteiger partial charge in [-0.05, 0) is 51.3 Å². The second kappa shape index (κ2) is 15.6. The van der Waals surface area contributed by atoms with Gasteiger partial charge in [0, 0.05) is 12.5 Å². The smallest absolute Gasteiger partial charge is 0.217 e. The molecule has 0 aliphatic carbocycles. The molecule has 0 bridgehead atoms. The predicted molar refractivity (Wildman–Crippen MR) is 119 cm³/mol. The summed E-state index contributed by atoms with van der Waals surface area (Å²) in [4.78, 5) is 10.7. The molecule has 2 N–H and O–H groups in total. The minimum absolute atomic E-state index is 0.0587. The Kier molecular flexibility index (Phi) is 13.5. The molecule has 0 fully saturated rings. The number of amides is 1. The highest BCUT2D eigenvalue weighted by atomic mass is 19.1. The summed E-state index contributed by atoms with van der Waals surface area (Å²) in [6.07, 6.45) is 17.8. The van der Waals surface area contributed by atoms with Crippen LogP contribution in [0.2, 0.25) is 0 Å². The van der Waals surface area contributed by atoms with E-state index in [2.05, 4.69) is 6.08 Å². The van der Waals surface area contributed by atoms with Crippen LogP contribution in [0.25, 0.3) is 0 Å². The summed E-state index contributed by atoms with van der Waals surface area (Å²) in [6.45, 7) is 3.85. The molecule has 0 saturated carbocycles. The Morgan fingerprint density at radius 3 is 2.10 bits per heavy atom. The van der Waals surface area contributed by atoms with Crippen LogP contribution in [0.1, 0.15) is 84.5 Å². The van der Waals surface area contributed by atoms with E-state index in [1.54, 1.807) is 0 Å². The first-order valence-corrected chi connectivity index (χ1v) is 11.2. The van der Waals surface area contributed by atoms with E-state index in [0.717, 1.165) is 31.7 Å². The number of rotatable bonds is 16. The maximum atomic E-state index is 13.7. The van der Waals surface area contributed by atoms with Crippen molar-refractivity contribution < 1.29 is 18.3 Å². The topological polar surface area (TPSA) is 52.3 Å². The molecule has 3 nitrogen and oxygen atoms in total. The van der Waals surface area contributed by atoms with Crippen molar-refractivity contribution >= 4 is 5.91 Å². The minimum Gasteiger partial charge on any atom is -0.484 e. The van der Waals surface area contributed by atoms with E-state index >= 15 is 0 Å². The molecule has 1 aromatic rings. The number of hydrogen-bond donors (Lipinski definition) is 1. The quantitative estimate of drug-likeness (QED) is 0.230. The number of carbonyl (C=O) groups is 1. The Morgan fingerprint density at radius 2 is 1.57 bits per heavy atom. The van der Waals surface area contributed by atoms with Crippen molar-refractivity contribution in [3.8, 4) is 5.75 Å². The highest BCUT2D eigenvalue weighted by molar-refractivity contribution is 5.73. The number of unbranched alkanes of at least 4 members (excludes halogenated alkanes) is 8. The van der Waals surface area contributed by atoms with E-state index < -0.39 is 11.6 Å². The van der Waals surface area contributed by atoms with Gasteiger partial charge in [-0.2, -0.15) is 0 Å². The lowest BCUT2D eigenvalue weighted by atomic mass is 10.0. The van der Waals surface area contributed by atoms with Gasteiger partial charge in [-0.25, -0.2) is 8.78 Å². The molecule has 0 aromatic heterocycles. The lowest BCUT2D eigenvalue weighted by Gasteiger charge is -2.12. The van der Waals surface area contributed by atoms with Crippen molar-refractivity contribution in [2.45, 2.75) is 90.6 Å². The molecule has 0 heterocycles. The van der Waals surface area contributed by atoms with Gasteiger partial charge in [-0.3, -0.25) is 4.79 Å². The number of carbonyl (C=O) groups excluding carboxylic acids is 1. The Bertz CT molecular complexity index is 686. The fraction of sp³-hybridized carbons (Fsp3) is 0.560. The zero-order valence-electron chi connectivity index (χ0n) is 18.5. The molecule has 0 aliphatic heterocycles. The molecule has 1 aromatic carbocycles. The van der Waals surface area contributed by atoms with Gasteiger partial charge < -0.3 is 10.5 Å². The van der Waals surface area contributed by atoms with Crippen molar-refractivity contribution in [2.75, 3.05) is 0 Å². The summed E-state index contributed by atoms with van der Waals surface area (Å²) < 4.78 is 32.1. The monoisotopic (exact) mass is 421 g/mol. The number of primary amides is 1. The van der Waals surface area contributed by atoms with Crippen LogP contribution in [-0.2, 0) is 4.79 Å². The molecule has 1 atom stereocenters. The van der Waals surface area contributed by atoms with Crippen LogP contribution in [0.15, 0.2) is 42.0 Å². The van der Waals surface area contributed by atoms with Gasteiger partial charge in [-0.1, -0.05) is 62.7 Å². The SMILES string of the molecule is C/C=C(\C=C/C(C)Oc1ccc(F)cc1F)CCCCCCCCCCCC(N)=O. The Labute approximate surface area is 180 Å². The molecule has 30 heavy (non-hydrogen) atoms. The maximum Gasteiger partial charge on any atom is 0.217 e. The predicted octanol–water partition coefficient (Wildman–Crippen LogP) is 7.01. The van der Waals surface area contributed by atoms with E-state index in [0.29, 0.717) is 6.42 Å². The van der Waals surface area contributed by atoms with E-state index in [1.807, 2.05) is 26.0 Å². The first-order chi connectivity index (χ1) is 14.4. The molecule has 5 heteroatoms. The van der Waals surface area contributed by atoms with Crippen LogP contribution in [0.4, 0.5) is 8.78 Å². The molecule has 0 radical (unpaired) electrons. The van der Waals surface area contributed by atoms with Gasteiger partial charge in [0.25, 0.3) is 0 Å². The first kappa shape index (κ1) is 25.9. The summed E-state index contributed by atoms with van der Waals surface area (Å²) in [6, 6.07) is 3.33. The van der Waals surface area contributed by atoms with E-state index in [4.69, 9.17) is 10.5 Å². The van der Waals surface area contributed by atoms with Crippen LogP contribution >= 0.6 is 0 Å². The zero-order valence-corrected chi connectivity index (χ0v) is 18.5. The van der Waals surface area contributed by atoms with Crippen LogP contribution in [0.5, 0.6) is 5.75 Å². The molecule has 1 rings (SSSR count). The van der Waals surface area contributed by atoms with Gasteiger partial charge >= 0.3 is 0 Å². The van der Waals surface area contributed by atoms with Gasteiger partial charge in [0.1, 0.15) is 11.9 Å². The second-order valence-corrected chi connectivity index (χ2v) is 7.77. The maximum absolute atomic E-state index is 13.7. The average Bonchev–Trinajstić information content (AvgIpc) is 2.70. The summed E-state index contributed by atoms with van der Waals surface area (Å²) in [5.41, 5.74) is 6.36. The van der Waals surface area contributed by atoms with Crippen molar-refractivity contribution in [1.29, 1.82) is 0 Å². The second-order valence-electron chi connectivity index (χ2n) is 7.77. The van der Waals surface area contributed by atoms with Crippen molar-refractivity contribution in [3.05, 3.63) is 53.6 Å². The lowest BCUT2D eigenvalue weighted by Crippen LogP contribution is -2.09. The number of nitrogens with two attached hydrogens (primary N) is 1. The highest BCUT2D eigenvalue weighted by Crippen LogP contribution is 2.20. The van der Waals surface area contributed by atoms with Crippen LogP contribution in [-0.4, -0.2) is 12.0 Å². The summed E-state index contributed by atoms with van der Waals surface area (Å²) in [5, 5.41) is 0. The van der Waals surface area contributed by atoms with Crippen molar-refractivity contribution in [1.82, 2.24) is 0 Å². The normalized spacial score (nSPS) is 13.0. The van der Waals surface area contributed by atoms with Crippen molar-refractivity contribution in [2.24, 2.45) is 5.73 Å². The fourth-order valence-corrected chi connectivity index (χ4v) is 3.26. The third-order valence-corrected chi connectivity index (χ3v) is 5.05. The lowest BCUT2D eigenvalue weighted by molar-refractivity contribution is -0.118. The number of halogens is 2. The minimum atomic E-state index is -0.688. The third-order valence-electron chi connectivity index (χ3n) is 5.05. The molecule has 1 unspecified atom stereocenters. The summed E-state index contributed by atoms with van der Waals surface area (Å²) >= 11 is 0. The van der Waals surface area contributed by atoms with Gasteiger partial charge in [0.05, 0.1) is 0 Å². The number of benzene rings is 1. The number of allylic oxidation sites excluding steroid dienone is 3. The molecular formula is C25H37F2NO2. The molecule has 0 aliphatic rings. The zero-order chi connectivity index (χ0) is 22.2. The van der Waals surface area contributed by atoms with Gasteiger partial charge in [0.15, 0.2) is 11.6 Å². The summed E-state index contributed by atoms with van der Waals surface area (Å²) in [7, 11) is 0. The van der Waals surface area contributed by atoms with Crippen molar-refractivity contribution in [3.63, 3.8) is 0 Å². The standard InChI is InChI=1S/C25H37F2NO2/c1-3-21(13-11-9-7-5-4-6-8-10-12-14-25(28)29)16-15-20(2)30-24-18-17-22(26)19-23(24)27/h3,15-20H,4-14H2,1-2H3,(H2,28,29)/b16-15-,21-3-. The first-order valence-electron chi connectivity index (χ1n) is 11.2. The van der Waals surface area contributed by atoms with Gasteiger partial charge in [-0.15, -0.1) is 0 Å². The average molecular weight is 422 g/mol. The van der Waals surface area contributed by atoms with E-state index in [9.17, 15) is 13.6 Å². The van der Waals surface area contributed by atoms with Crippen LogP contribution in [0.3, 0.4) is 0 Å².